The van der Waals surface area contributed by atoms with Crippen molar-refractivity contribution in [3.8, 4) is 6.07 Å². The first-order valence-corrected chi connectivity index (χ1v) is 5.62. The maximum atomic E-state index is 12.2. The van der Waals surface area contributed by atoms with Crippen molar-refractivity contribution in [1.82, 2.24) is 4.90 Å². The third kappa shape index (κ3) is 3.72. The molecule has 1 amide bonds. The number of methoxy groups -OCH3 is 1. The molecule has 0 atom stereocenters. The maximum Gasteiger partial charge on any atom is 0.254 e. The summed E-state index contributed by atoms with van der Waals surface area (Å²) in [6.07, 6.45) is 1.67. The molecule has 0 aromatic heterocycles. The lowest BCUT2D eigenvalue weighted by atomic mass is 10.1. The van der Waals surface area contributed by atoms with E-state index in [1.165, 1.54) is 0 Å². The van der Waals surface area contributed by atoms with Gasteiger partial charge in [0.1, 0.15) is 0 Å². The first kappa shape index (κ1) is 13.9. The number of carbonyl (C=O) groups is 1. The summed E-state index contributed by atoms with van der Waals surface area (Å²) in [4.78, 5) is 13.9. The van der Waals surface area contributed by atoms with E-state index in [0.717, 1.165) is 0 Å². The Bertz CT molecular complexity index is 463. The van der Waals surface area contributed by atoms with Crippen molar-refractivity contribution in [3.63, 3.8) is 0 Å². The van der Waals surface area contributed by atoms with Gasteiger partial charge in [-0.15, -0.1) is 6.58 Å². The summed E-state index contributed by atoms with van der Waals surface area (Å²) in [6.45, 7) is 5.06. The van der Waals surface area contributed by atoms with Gasteiger partial charge in [-0.2, -0.15) is 5.26 Å². The van der Waals surface area contributed by atoms with E-state index in [-0.39, 0.29) is 5.91 Å². The van der Waals surface area contributed by atoms with E-state index >= 15 is 0 Å². The molecule has 1 aromatic carbocycles. The third-order valence-corrected chi connectivity index (χ3v) is 2.44. The van der Waals surface area contributed by atoms with Crippen LogP contribution in [0.25, 0.3) is 0 Å². The fourth-order valence-electron chi connectivity index (χ4n) is 1.54. The van der Waals surface area contributed by atoms with Crippen LogP contribution in [0.15, 0.2) is 36.9 Å². The molecule has 1 rings (SSSR count). The second-order valence-electron chi connectivity index (χ2n) is 3.73. The molecule has 0 aliphatic carbocycles. The summed E-state index contributed by atoms with van der Waals surface area (Å²) < 4.78 is 4.97. The van der Waals surface area contributed by atoms with Gasteiger partial charge in [0.05, 0.1) is 18.2 Å². The first-order chi connectivity index (χ1) is 8.72. The Hall–Kier alpha value is -2.12. The number of hydrogen-bond acceptors (Lipinski definition) is 3. The van der Waals surface area contributed by atoms with Crippen LogP contribution in [-0.4, -0.2) is 37.6 Å². The van der Waals surface area contributed by atoms with E-state index in [4.69, 9.17) is 10.00 Å². The molecule has 94 valence electrons. The Morgan fingerprint density at radius 1 is 1.61 bits per heavy atom. The van der Waals surface area contributed by atoms with Gasteiger partial charge >= 0.3 is 0 Å². The monoisotopic (exact) mass is 244 g/mol. The minimum atomic E-state index is -0.121. The van der Waals surface area contributed by atoms with Gasteiger partial charge in [-0.25, -0.2) is 0 Å². The van der Waals surface area contributed by atoms with Gasteiger partial charge in [0.25, 0.3) is 5.91 Å². The molecular formula is C14H16N2O2. The van der Waals surface area contributed by atoms with Gasteiger partial charge in [0, 0.05) is 25.8 Å². The molecule has 0 spiro atoms. The lowest BCUT2D eigenvalue weighted by Gasteiger charge is -2.20. The number of rotatable bonds is 6. The molecule has 0 N–H and O–H groups in total. The molecule has 1 aromatic rings. The summed E-state index contributed by atoms with van der Waals surface area (Å²) in [5.74, 6) is -0.121. The smallest absolute Gasteiger partial charge is 0.254 e. The highest BCUT2D eigenvalue weighted by Gasteiger charge is 2.14. The lowest BCUT2D eigenvalue weighted by molar-refractivity contribution is 0.0718. The molecule has 0 unspecified atom stereocenters. The zero-order valence-corrected chi connectivity index (χ0v) is 10.4. The largest absolute Gasteiger partial charge is 0.383 e. The van der Waals surface area contributed by atoms with Crippen LogP contribution in [0.1, 0.15) is 15.9 Å². The average molecular weight is 244 g/mol. The topological polar surface area (TPSA) is 53.3 Å². The predicted molar refractivity (Wildman–Crippen MR) is 69.1 cm³/mol. The summed E-state index contributed by atoms with van der Waals surface area (Å²) in [6, 6.07) is 8.68. The van der Waals surface area contributed by atoms with Gasteiger partial charge < -0.3 is 9.64 Å². The lowest BCUT2D eigenvalue weighted by Crippen LogP contribution is -2.34. The Labute approximate surface area is 107 Å². The minimum absolute atomic E-state index is 0.121. The molecular weight excluding hydrogens is 228 g/mol. The van der Waals surface area contributed by atoms with E-state index in [2.05, 4.69) is 6.58 Å². The van der Waals surface area contributed by atoms with Crippen molar-refractivity contribution in [3.05, 3.63) is 48.0 Å². The molecule has 0 bridgehead atoms. The molecule has 0 aliphatic heterocycles. The Morgan fingerprint density at radius 2 is 2.39 bits per heavy atom. The molecule has 0 heterocycles. The van der Waals surface area contributed by atoms with Crippen LogP contribution < -0.4 is 0 Å². The zero-order valence-electron chi connectivity index (χ0n) is 10.4. The van der Waals surface area contributed by atoms with E-state index in [1.807, 2.05) is 6.07 Å². The minimum Gasteiger partial charge on any atom is -0.383 e. The fourth-order valence-corrected chi connectivity index (χ4v) is 1.54. The van der Waals surface area contributed by atoms with Crippen LogP contribution in [-0.2, 0) is 4.74 Å². The average Bonchev–Trinajstić information content (AvgIpc) is 2.42. The van der Waals surface area contributed by atoms with E-state index < -0.39 is 0 Å². The van der Waals surface area contributed by atoms with Crippen LogP contribution in [0.2, 0.25) is 0 Å². The summed E-state index contributed by atoms with van der Waals surface area (Å²) in [5, 5.41) is 8.82. The van der Waals surface area contributed by atoms with E-state index in [1.54, 1.807) is 42.4 Å². The van der Waals surface area contributed by atoms with Crippen molar-refractivity contribution >= 4 is 5.91 Å². The number of benzene rings is 1. The predicted octanol–water partition coefficient (Wildman–Crippen LogP) is 1.83. The number of hydrogen-bond donors (Lipinski definition) is 0. The number of nitrogens with zero attached hydrogens (tertiary/aromatic N) is 2. The van der Waals surface area contributed by atoms with Crippen molar-refractivity contribution in [2.45, 2.75) is 0 Å². The van der Waals surface area contributed by atoms with Gasteiger partial charge in [0.15, 0.2) is 0 Å². The molecule has 0 saturated carbocycles. The second kappa shape index (κ2) is 7.25. The number of ether oxygens (including phenoxy) is 1. The van der Waals surface area contributed by atoms with Crippen molar-refractivity contribution in [2.75, 3.05) is 26.8 Å². The van der Waals surface area contributed by atoms with Crippen molar-refractivity contribution < 1.29 is 9.53 Å². The summed E-state index contributed by atoms with van der Waals surface area (Å²) in [5.41, 5.74) is 0.984. The van der Waals surface area contributed by atoms with Gasteiger partial charge in [-0.1, -0.05) is 12.1 Å². The number of amides is 1. The van der Waals surface area contributed by atoms with E-state index in [0.29, 0.717) is 30.8 Å². The SMILES string of the molecule is C=CCN(CCOC)C(=O)c1cccc(C#N)c1. The number of carbonyl (C=O) groups excluding carboxylic acids is 1. The summed E-state index contributed by atoms with van der Waals surface area (Å²) in [7, 11) is 1.59. The fraction of sp³-hybridized carbons (Fsp3) is 0.286. The molecule has 0 fully saturated rings. The Morgan fingerprint density at radius 3 is 3.00 bits per heavy atom. The van der Waals surface area contributed by atoms with Crippen molar-refractivity contribution in [2.24, 2.45) is 0 Å². The Kier molecular flexibility index (Phi) is 5.62. The first-order valence-electron chi connectivity index (χ1n) is 5.62. The van der Waals surface area contributed by atoms with Crippen molar-refractivity contribution in [1.29, 1.82) is 5.26 Å². The van der Waals surface area contributed by atoms with Gasteiger partial charge in [-0.3, -0.25) is 4.79 Å². The molecule has 4 nitrogen and oxygen atoms in total. The number of nitriles is 1. The molecule has 18 heavy (non-hydrogen) atoms. The third-order valence-electron chi connectivity index (χ3n) is 2.44. The normalized spacial score (nSPS) is 9.56. The standard InChI is InChI=1S/C14H16N2O2/c1-3-7-16(8-9-18-2)14(17)13-6-4-5-12(10-13)11-15/h3-6,10H,1,7-9H2,2H3. The second-order valence-corrected chi connectivity index (χ2v) is 3.73. The van der Waals surface area contributed by atoms with Crippen LogP contribution in [0.4, 0.5) is 0 Å². The van der Waals surface area contributed by atoms with E-state index in [9.17, 15) is 4.79 Å². The molecule has 0 radical (unpaired) electrons. The highest BCUT2D eigenvalue weighted by Crippen LogP contribution is 2.08. The highest BCUT2D eigenvalue weighted by atomic mass is 16.5. The summed E-state index contributed by atoms with van der Waals surface area (Å²) >= 11 is 0. The quantitative estimate of drug-likeness (QED) is 0.717. The highest BCUT2D eigenvalue weighted by molar-refractivity contribution is 5.94. The van der Waals surface area contributed by atoms with Crippen LogP contribution in [0.3, 0.4) is 0 Å². The van der Waals surface area contributed by atoms with Gasteiger partial charge in [0.2, 0.25) is 0 Å². The van der Waals surface area contributed by atoms with Crippen LogP contribution in [0.5, 0.6) is 0 Å². The molecule has 0 aliphatic rings. The van der Waals surface area contributed by atoms with Crippen LogP contribution >= 0.6 is 0 Å². The Balaban J connectivity index is 2.87. The maximum absolute atomic E-state index is 12.2. The van der Waals surface area contributed by atoms with Gasteiger partial charge in [-0.05, 0) is 18.2 Å². The van der Waals surface area contributed by atoms with Crippen LogP contribution in [0, 0.1) is 11.3 Å². The zero-order chi connectivity index (χ0) is 13.4. The molecule has 0 saturated heterocycles. The molecule has 4 heteroatoms.